The third-order valence-corrected chi connectivity index (χ3v) is 5.03. The molecule has 1 aromatic heterocycles. The van der Waals surface area contributed by atoms with Crippen LogP contribution in [-0.4, -0.2) is 36.0 Å². The lowest BCUT2D eigenvalue weighted by Gasteiger charge is -2.35. The number of aromatic amines is 1. The number of ether oxygens (including phenoxy) is 2. The summed E-state index contributed by atoms with van der Waals surface area (Å²) in [6.07, 6.45) is 6.80. The molecule has 1 aliphatic rings. The molecule has 0 bridgehead atoms. The highest BCUT2D eigenvalue weighted by Gasteiger charge is 2.32. The zero-order chi connectivity index (χ0) is 20.4. The van der Waals surface area contributed by atoms with Gasteiger partial charge in [0.15, 0.2) is 0 Å². The Bertz CT molecular complexity index is 1140. The van der Waals surface area contributed by atoms with Crippen LogP contribution in [-0.2, 0) is 19.1 Å². The van der Waals surface area contributed by atoms with Crippen LogP contribution in [0, 0.1) is 0 Å². The largest absolute Gasteiger partial charge is 0.466 e. The van der Waals surface area contributed by atoms with E-state index in [0.717, 1.165) is 33.7 Å². The molecule has 6 nitrogen and oxygen atoms in total. The maximum absolute atomic E-state index is 12.6. The van der Waals surface area contributed by atoms with Crippen LogP contribution in [0.3, 0.4) is 0 Å². The minimum atomic E-state index is -0.629. The van der Waals surface area contributed by atoms with Crippen molar-refractivity contribution in [3.63, 3.8) is 0 Å². The predicted molar refractivity (Wildman–Crippen MR) is 110 cm³/mol. The van der Waals surface area contributed by atoms with E-state index < -0.39 is 11.9 Å². The second kappa shape index (κ2) is 7.67. The first-order valence-electron chi connectivity index (χ1n) is 9.13. The fourth-order valence-electron chi connectivity index (χ4n) is 3.68. The van der Waals surface area contributed by atoms with E-state index in [0.29, 0.717) is 0 Å². The summed E-state index contributed by atoms with van der Waals surface area (Å²) in [6, 6.07) is 15.6. The zero-order valence-electron chi connectivity index (χ0n) is 16.1. The number of hydrogen-bond donors (Lipinski definition) is 1. The molecule has 0 spiro atoms. The predicted octanol–water partition coefficient (Wildman–Crippen LogP) is 3.77. The Morgan fingerprint density at radius 2 is 1.76 bits per heavy atom. The molecule has 0 aliphatic carbocycles. The number of hydrogen-bond acceptors (Lipinski definition) is 5. The fraction of sp³-hybridized carbons (Fsp3) is 0.130. The molecule has 1 atom stereocenters. The van der Waals surface area contributed by atoms with Crippen molar-refractivity contribution in [3.05, 3.63) is 89.4 Å². The molecule has 0 fully saturated rings. The molecular formula is C23H20N2O4. The monoisotopic (exact) mass is 388 g/mol. The van der Waals surface area contributed by atoms with Crippen molar-refractivity contribution < 1.29 is 19.1 Å². The zero-order valence-corrected chi connectivity index (χ0v) is 16.1. The van der Waals surface area contributed by atoms with E-state index in [1.807, 2.05) is 60.8 Å². The maximum atomic E-state index is 12.6. The molecule has 6 heteroatoms. The highest BCUT2D eigenvalue weighted by atomic mass is 16.5. The maximum Gasteiger partial charge on any atom is 0.354 e. The summed E-state index contributed by atoms with van der Waals surface area (Å²) in [5, 5.41) is 1.04. The van der Waals surface area contributed by atoms with Gasteiger partial charge in [0, 0.05) is 28.9 Å². The van der Waals surface area contributed by atoms with Gasteiger partial charge >= 0.3 is 11.9 Å². The number of carbonyl (C=O) groups is 2. The van der Waals surface area contributed by atoms with Crippen molar-refractivity contribution in [2.45, 2.75) is 6.04 Å². The number of carbonyl (C=O) groups excluding carboxylic acids is 2. The number of esters is 2. The van der Waals surface area contributed by atoms with Crippen molar-refractivity contribution in [1.29, 1.82) is 0 Å². The third-order valence-electron chi connectivity index (χ3n) is 5.03. The van der Waals surface area contributed by atoms with Crippen LogP contribution >= 0.6 is 0 Å². The standard InChI is InChI=1S/C23H20N2O4/c1-28-21(26)13-20(23(27)29-2)25-12-11-15-7-3-4-8-16(15)22(25)18-14-24-19-10-6-5-9-17(18)19/h3-14,22,24H,1-2H3/b20-13+. The van der Waals surface area contributed by atoms with Gasteiger partial charge in [-0.15, -0.1) is 0 Å². The van der Waals surface area contributed by atoms with Crippen LogP contribution in [0.5, 0.6) is 0 Å². The molecule has 2 heterocycles. The molecule has 4 rings (SSSR count). The molecule has 1 unspecified atom stereocenters. The molecule has 1 aliphatic heterocycles. The van der Waals surface area contributed by atoms with Crippen LogP contribution in [0.4, 0.5) is 0 Å². The van der Waals surface area contributed by atoms with E-state index in [4.69, 9.17) is 9.47 Å². The Balaban J connectivity index is 1.94. The summed E-state index contributed by atoms with van der Waals surface area (Å²) in [5.41, 5.74) is 4.13. The van der Waals surface area contributed by atoms with Crippen molar-refractivity contribution in [3.8, 4) is 0 Å². The molecule has 1 N–H and O–H groups in total. The summed E-state index contributed by atoms with van der Waals surface area (Å²) < 4.78 is 9.71. The van der Waals surface area contributed by atoms with Crippen LogP contribution in [0.25, 0.3) is 17.0 Å². The van der Waals surface area contributed by atoms with Gasteiger partial charge in [-0.05, 0) is 23.3 Å². The number of benzene rings is 2. The topological polar surface area (TPSA) is 71.6 Å². The lowest BCUT2D eigenvalue weighted by molar-refractivity contribution is -0.139. The Morgan fingerprint density at radius 3 is 2.55 bits per heavy atom. The number of para-hydroxylation sites is 1. The first-order valence-corrected chi connectivity index (χ1v) is 9.13. The smallest absolute Gasteiger partial charge is 0.354 e. The van der Waals surface area contributed by atoms with Gasteiger partial charge in [0.1, 0.15) is 5.70 Å². The summed E-state index contributed by atoms with van der Waals surface area (Å²) in [7, 11) is 2.56. The number of aromatic nitrogens is 1. The highest BCUT2D eigenvalue weighted by Crippen LogP contribution is 2.40. The number of nitrogens with zero attached hydrogens (tertiary/aromatic N) is 1. The van der Waals surface area contributed by atoms with Gasteiger partial charge in [0.05, 0.1) is 26.3 Å². The van der Waals surface area contributed by atoms with Gasteiger partial charge < -0.3 is 19.4 Å². The molecule has 0 saturated carbocycles. The van der Waals surface area contributed by atoms with Gasteiger partial charge in [-0.3, -0.25) is 0 Å². The van der Waals surface area contributed by atoms with Crippen LogP contribution in [0.1, 0.15) is 22.7 Å². The summed E-state index contributed by atoms with van der Waals surface area (Å²) in [5.74, 6) is -1.25. The number of H-pyrrole nitrogens is 1. The molecule has 29 heavy (non-hydrogen) atoms. The summed E-state index contributed by atoms with van der Waals surface area (Å²) in [6.45, 7) is 0. The number of rotatable bonds is 4. The summed E-state index contributed by atoms with van der Waals surface area (Å²) in [4.78, 5) is 29.6. The van der Waals surface area contributed by atoms with Gasteiger partial charge in [-0.1, -0.05) is 42.5 Å². The van der Waals surface area contributed by atoms with E-state index in [-0.39, 0.29) is 11.7 Å². The molecule has 0 saturated heterocycles. The lowest BCUT2D eigenvalue weighted by atomic mass is 9.90. The van der Waals surface area contributed by atoms with Gasteiger partial charge in [0.2, 0.25) is 0 Å². The van der Waals surface area contributed by atoms with E-state index in [9.17, 15) is 9.59 Å². The van der Waals surface area contributed by atoms with Crippen molar-refractivity contribution >= 4 is 28.9 Å². The van der Waals surface area contributed by atoms with Gasteiger partial charge in [-0.25, -0.2) is 9.59 Å². The lowest BCUT2D eigenvalue weighted by Crippen LogP contribution is -2.31. The molecule has 2 aromatic carbocycles. The highest BCUT2D eigenvalue weighted by molar-refractivity contribution is 5.96. The van der Waals surface area contributed by atoms with Crippen molar-refractivity contribution in [2.75, 3.05) is 14.2 Å². The number of nitrogens with one attached hydrogen (secondary N) is 1. The van der Waals surface area contributed by atoms with Crippen LogP contribution in [0.2, 0.25) is 0 Å². The average molecular weight is 388 g/mol. The van der Waals surface area contributed by atoms with E-state index in [1.54, 1.807) is 11.1 Å². The van der Waals surface area contributed by atoms with E-state index in [2.05, 4.69) is 4.98 Å². The van der Waals surface area contributed by atoms with Gasteiger partial charge in [-0.2, -0.15) is 0 Å². The fourth-order valence-corrected chi connectivity index (χ4v) is 3.68. The SMILES string of the molecule is COC(=O)/C=C(\C(=O)OC)N1C=Cc2ccccc2C1c1c[nH]c2ccccc12. The Hall–Kier alpha value is -3.80. The second-order valence-corrected chi connectivity index (χ2v) is 6.59. The summed E-state index contributed by atoms with van der Waals surface area (Å²) >= 11 is 0. The van der Waals surface area contributed by atoms with Crippen LogP contribution < -0.4 is 0 Å². The first-order chi connectivity index (χ1) is 14.1. The third kappa shape index (κ3) is 3.29. The molecular weight excluding hydrogens is 368 g/mol. The van der Waals surface area contributed by atoms with E-state index in [1.165, 1.54) is 14.2 Å². The average Bonchev–Trinajstić information content (AvgIpc) is 3.19. The first kappa shape index (κ1) is 18.6. The molecule has 3 aromatic rings. The molecule has 0 radical (unpaired) electrons. The second-order valence-electron chi connectivity index (χ2n) is 6.59. The molecule has 0 amide bonds. The minimum Gasteiger partial charge on any atom is -0.466 e. The van der Waals surface area contributed by atoms with E-state index >= 15 is 0 Å². The quantitative estimate of drug-likeness (QED) is 0.544. The Labute approximate surface area is 168 Å². The number of methoxy groups -OCH3 is 2. The molecule has 146 valence electrons. The minimum absolute atomic E-state index is 0.0976. The Kier molecular flexibility index (Phi) is 4.91. The number of fused-ring (bicyclic) bond motifs is 2. The van der Waals surface area contributed by atoms with Crippen molar-refractivity contribution in [2.24, 2.45) is 0 Å². The van der Waals surface area contributed by atoms with Crippen LogP contribution in [0.15, 0.2) is 72.7 Å². The van der Waals surface area contributed by atoms with Crippen molar-refractivity contribution in [1.82, 2.24) is 9.88 Å². The van der Waals surface area contributed by atoms with Gasteiger partial charge in [0.25, 0.3) is 0 Å². The normalized spacial score (nSPS) is 15.9. The Morgan fingerprint density at radius 1 is 1.00 bits per heavy atom.